The summed E-state index contributed by atoms with van der Waals surface area (Å²) in [5.41, 5.74) is 1.16. The lowest BCUT2D eigenvalue weighted by Gasteiger charge is -2.30. The van der Waals surface area contributed by atoms with E-state index in [9.17, 15) is 8.78 Å². The minimum atomic E-state index is -1.04. The largest absolute Gasteiger partial charge is 0.490 e. The Labute approximate surface area is 227 Å². The van der Waals surface area contributed by atoms with E-state index in [1.165, 1.54) is 18.2 Å². The van der Waals surface area contributed by atoms with Gasteiger partial charge in [-0.15, -0.1) is 0 Å². The fraction of sp³-hybridized carbons (Fsp3) is 0.375. The van der Waals surface area contributed by atoms with Crippen molar-refractivity contribution in [2.24, 2.45) is 0 Å². The maximum absolute atomic E-state index is 15.1. The molecule has 7 heteroatoms. The van der Waals surface area contributed by atoms with Crippen molar-refractivity contribution in [3.05, 3.63) is 89.5 Å². The molecular formula is C32H34F4O3. The average molecular weight is 543 g/mol. The average Bonchev–Trinajstić information content (AvgIpc) is 2.96. The van der Waals surface area contributed by atoms with Crippen molar-refractivity contribution in [3.63, 3.8) is 0 Å². The lowest BCUT2D eigenvalue weighted by atomic mass is 9.94. The molecule has 208 valence electrons. The zero-order chi connectivity index (χ0) is 27.8. The fourth-order valence-corrected chi connectivity index (χ4v) is 4.62. The second-order valence-electron chi connectivity index (χ2n) is 9.64. The van der Waals surface area contributed by atoms with Crippen LogP contribution in [0.1, 0.15) is 57.4 Å². The van der Waals surface area contributed by atoms with Gasteiger partial charge in [-0.25, -0.2) is 13.2 Å². The summed E-state index contributed by atoms with van der Waals surface area (Å²) in [5.74, 6) is -4.51. The van der Waals surface area contributed by atoms with Crippen molar-refractivity contribution < 1.29 is 31.8 Å². The quantitative estimate of drug-likeness (QED) is 0.138. The van der Waals surface area contributed by atoms with E-state index in [4.69, 9.17) is 14.2 Å². The van der Waals surface area contributed by atoms with Crippen LogP contribution in [0.25, 0.3) is 22.3 Å². The van der Waals surface area contributed by atoms with Crippen molar-refractivity contribution in [1.29, 1.82) is 0 Å². The molecule has 0 bridgehead atoms. The molecule has 0 aliphatic carbocycles. The molecule has 1 aliphatic rings. The number of allylic oxidation sites excluding steroid dienone is 2. The highest BCUT2D eigenvalue weighted by Crippen LogP contribution is 2.34. The number of unbranched alkanes of at least 4 members (excludes halogenated alkanes) is 2. The molecule has 0 atom stereocenters. The van der Waals surface area contributed by atoms with Gasteiger partial charge in [0.15, 0.2) is 29.5 Å². The van der Waals surface area contributed by atoms with Gasteiger partial charge in [-0.05, 0) is 48.6 Å². The Hall–Kier alpha value is -3.16. The first kappa shape index (κ1) is 28.8. The molecule has 1 fully saturated rings. The van der Waals surface area contributed by atoms with E-state index in [-0.39, 0.29) is 41.9 Å². The number of ether oxygens (including phenoxy) is 3. The summed E-state index contributed by atoms with van der Waals surface area (Å²) in [6.45, 7) is 4.80. The van der Waals surface area contributed by atoms with Crippen LogP contribution in [0.5, 0.6) is 5.75 Å². The van der Waals surface area contributed by atoms with E-state index >= 15 is 8.78 Å². The molecule has 0 unspecified atom stereocenters. The molecule has 0 radical (unpaired) electrons. The first-order valence-corrected chi connectivity index (χ1v) is 13.5. The van der Waals surface area contributed by atoms with E-state index in [0.29, 0.717) is 24.2 Å². The van der Waals surface area contributed by atoms with Crippen molar-refractivity contribution in [1.82, 2.24) is 0 Å². The molecule has 3 nitrogen and oxygen atoms in total. The highest BCUT2D eigenvalue weighted by Gasteiger charge is 2.27. The van der Waals surface area contributed by atoms with E-state index < -0.39 is 29.2 Å². The Morgan fingerprint density at radius 2 is 1.41 bits per heavy atom. The van der Waals surface area contributed by atoms with Crippen LogP contribution in [0.4, 0.5) is 17.6 Å². The van der Waals surface area contributed by atoms with Gasteiger partial charge in [0.25, 0.3) is 0 Å². The van der Waals surface area contributed by atoms with Gasteiger partial charge in [0.2, 0.25) is 5.82 Å². The molecule has 1 aliphatic heterocycles. The third kappa shape index (κ3) is 6.89. The molecule has 1 saturated heterocycles. The minimum Gasteiger partial charge on any atom is -0.490 e. The standard InChI is InChI=1S/C32H34F4O3/c1-3-5-7-9-28-38-19-23(20-39-28)26-15-14-24(29(33)30(26)34)21-10-12-22(13-11-21)25-16-17-27(32(36)31(25)35)37-18-8-6-4-2/h3,5,10-17,23,28H,4,6-9,18-20H2,1-2H3. The Kier molecular flexibility index (Phi) is 10.2. The summed E-state index contributed by atoms with van der Waals surface area (Å²) < 4.78 is 76.4. The first-order valence-electron chi connectivity index (χ1n) is 13.5. The molecule has 3 aromatic carbocycles. The van der Waals surface area contributed by atoms with E-state index in [1.807, 2.05) is 26.0 Å². The Balaban J connectivity index is 1.46. The zero-order valence-corrected chi connectivity index (χ0v) is 22.3. The highest BCUT2D eigenvalue weighted by molar-refractivity contribution is 5.72. The maximum Gasteiger partial charge on any atom is 0.201 e. The zero-order valence-electron chi connectivity index (χ0n) is 22.3. The fourth-order valence-electron chi connectivity index (χ4n) is 4.62. The molecule has 4 rings (SSSR count). The third-order valence-electron chi connectivity index (χ3n) is 6.88. The topological polar surface area (TPSA) is 27.7 Å². The second-order valence-corrected chi connectivity index (χ2v) is 9.64. The molecule has 1 heterocycles. The predicted molar refractivity (Wildman–Crippen MR) is 145 cm³/mol. The van der Waals surface area contributed by atoms with E-state index in [0.717, 1.165) is 25.7 Å². The number of halogens is 4. The third-order valence-corrected chi connectivity index (χ3v) is 6.88. The van der Waals surface area contributed by atoms with Crippen LogP contribution in [0, 0.1) is 23.3 Å². The van der Waals surface area contributed by atoms with Crippen LogP contribution in [-0.4, -0.2) is 26.1 Å². The van der Waals surface area contributed by atoms with Gasteiger partial charge in [0.1, 0.15) is 0 Å². The smallest absolute Gasteiger partial charge is 0.201 e. The molecule has 0 saturated carbocycles. The molecule has 0 spiro atoms. The SMILES string of the molecule is CC=CCCC1OCC(c2ccc(-c3ccc(-c4ccc(OCCCCC)c(F)c4F)cc3)c(F)c2F)CO1. The van der Waals surface area contributed by atoms with Crippen LogP contribution >= 0.6 is 0 Å². The van der Waals surface area contributed by atoms with Crippen molar-refractivity contribution >= 4 is 0 Å². The lowest BCUT2D eigenvalue weighted by molar-refractivity contribution is -0.189. The summed E-state index contributed by atoms with van der Waals surface area (Å²) in [4.78, 5) is 0. The minimum absolute atomic E-state index is 0.0586. The summed E-state index contributed by atoms with van der Waals surface area (Å²) >= 11 is 0. The summed E-state index contributed by atoms with van der Waals surface area (Å²) in [6, 6.07) is 12.2. The van der Waals surface area contributed by atoms with Crippen LogP contribution in [-0.2, 0) is 9.47 Å². The first-order chi connectivity index (χ1) is 18.9. The number of hydrogen-bond donors (Lipinski definition) is 0. The maximum atomic E-state index is 15.1. The Bertz CT molecular complexity index is 1270. The Morgan fingerprint density at radius 3 is 2.03 bits per heavy atom. The van der Waals surface area contributed by atoms with Crippen molar-refractivity contribution in [2.45, 2.75) is 58.2 Å². The molecule has 0 aromatic heterocycles. The van der Waals surface area contributed by atoms with Crippen LogP contribution < -0.4 is 4.74 Å². The monoisotopic (exact) mass is 542 g/mol. The van der Waals surface area contributed by atoms with E-state index in [1.54, 1.807) is 30.3 Å². The second kappa shape index (κ2) is 13.8. The van der Waals surface area contributed by atoms with Gasteiger partial charge in [-0.2, -0.15) is 4.39 Å². The Morgan fingerprint density at radius 1 is 0.795 bits per heavy atom. The van der Waals surface area contributed by atoms with Crippen molar-refractivity contribution in [2.75, 3.05) is 19.8 Å². The normalized spacial score (nSPS) is 17.6. The number of hydrogen-bond acceptors (Lipinski definition) is 3. The van der Waals surface area contributed by atoms with Gasteiger partial charge >= 0.3 is 0 Å². The van der Waals surface area contributed by atoms with Gasteiger partial charge in [0, 0.05) is 23.5 Å². The summed E-state index contributed by atoms with van der Waals surface area (Å²) in [6.07, 6.45) is 7.86. The van der Waals surface area contributed by atoms with Gasteiger partial charge in [0.05, 0.1) is 19.8 Å². The van der Waals surface area contributed by atoms with Crippen molar-refractivity contribution in [3.8, 4) is 28.0 Å². The summed E-state index contributed by atoms with van der Waals surface area (Å²) in [5, 5.41) is 0. The number of rotatable bonds is 11. The summed E-state index contributed by atoms with van der Waals surface area (Å²) in [7, 11) is 0. The van der Waals surface area contributed by atoms with Crippen LogP contribution in [0.2, 0.25) is 0 Å². The van der Waals surface area contributed by atoms with E-state index in [2.05, 4.69) is 0 Å². The molecule has 3 aromatic rings. The molecule has 0 N–H and O–H groups in total. The number of benzene rings is 3. The predicted octanol–water partition coefficient (Wildman–Crippen LogP) is 8.96. The van der Waals surface area contributed by atoms with Crippen LogP contribution in [0.3, 0.4) is 0 Å². The van der Waals surface area contributed by atoms with Crippen LogP contribution in [0.15, 0.2) is 60.7 Å². The van der Waals surface area contributed by atoms with Gasteiger partial charge < -0.3 is 14.2 Å². The molecule has 0 amide bonds. The lowest BCUT2D eigenvalue weighted by Crippen LogP contribution is -2.31. The molecule has 39 heavy (non-hydrogen) atoms. The van der Waals surface area contributed by atoms with Gasteiger partial charge in [-0.1, -0.05) is 68.3 Å². The van der Waals surface area contributed by atoms with Gasteiger partial charge in [-0.3, -0.25) is 0 Å². The highest BCUT2D eigenvalue weighted by atomic mass is 19.2. The molecular weight excluding hydrogens is 508 g/mol.